The third-order valence-corrected chi connectivity index (χ3v) is 6.07. The second-order valence-corrected chi connectivity index (χ2v) is 7.46. The van der Waals surface area contributed by atoms with Crippen molar-refractivity contribution in [2.75, 3.05) is 5.32 Å². The Kier molecular flexibility index (Phi) is 3.37. The Morgan fingerprint density at radius 2 is 1.83 bits per heavy atom. The molecule has 0 unspecified atom stereocenters. The van der Waals surface area contributed by atoms with E-state index in [9.17, 15) is 20.4 Å². The number of hydrogen-bond donors (Lipinski definition) is 5. The van der Waals surface area contributed by atoms with E-state index in [0.717, 1.165) is 24.2 Å². The van der Waals surface area contributed by atoms with Gasteiger partial charge in [0.1, 0.15) is 17.0 Å². The van der Waals surface area contributed by atoms with Gasteiger partial charge in [-0.3, -0.25) is 0 Å². The number of fused-ring (bicyclic) bond motifs is 3. The number of nitrogens with zero attached hydrogens (tertiary/aromatic N) is 2. The van der Waals surface area contributed by atoms with Crippen molar-refractivity contribution in [2.24, 2.45) is 0 Å². The summed E-state index contributed by atoms with van der Waals surface area (Å²) in [6.45, 7) is 0. The maximum atomic E-state index is 10.1. The minimum Gasteiger partial charge on any atom is -0.367 e. The first-order valence-electron chi connectivity index (χ1n) is 7.83. The molecule has 4 rings (SSSR count). The molecule has 2 aliphatic rings. The number of thiophene rings is 1. The van der Waals surface area contributed by atoms with E-state index in [1.807, 2.05) is 0 Å². The summed E-state index contributed by atoms with van der Waals surface area (Å²) in [4.78, 5) is 9.24. The molecule has 5 N–H and O–H groups in total. The van der Waals surface area contributed by atoms with Crippen molar-refractivity contribution in [1.29, 1.82) is 0 Å². The molecule has 0 aliphatic heterocycles. The summed E-state index contributed by atoms with van der Waals surface area (Å²) in [5.74, 6) is -4.65. The molecular formula is C15H19N3O4S. The number of hydrogen-bond acceptors (Lipinski definition) is 8. The van der Waals surface area contributed by atoms with Crippen molar-refractivity contribution in [3.05, 3.63) is 16.8 Å². The van der Waals surface area contributed by atoms with Crippen molar-refractivity contribution in [3.63, 3.8) is 0 Å². The fourth-order valence-corrected chi connectivity index (χ4v) is 4.76. The highest BCUT2D eigenvalue weighted by Gasteiger charge is 2.57. The maximum Gasteiger partial charge on any atom is 0.256 e. The van der Waals surface area contributed by atoms with Crippen LogP contribution in [0.25, 0.3) is 10.2 Å². The van der Waals surface area contributed by atoms with Gasteiger partial charge in [-0.25, -0.2) is 9.97 Å². The Labute approximate surface area is 136 Å². The average Bonchev–Trinajstić information content (AvgIpc) is 2.95. The largest absolute Gasteiger partial charge is 0.367 e. The Hall–Kier alpha value is -1.32. The first kappa shape index (κ1) is 15.2. The number of nitrogens with one attached hydrogen (secondary N) is 1. The zero-order valence-corrected chi connectivity index (χ0v) is 13.3. The second-order valence-electron chi connectivity index (χ2n) is 6.46. The molecule has 0 bridgehead atoms. The molecule has 0 saturated heterocycles. The van der Waals surface area contributed by atoms with E-state index in [1.165, 1.54) is 25.6 Å². The molecule has 2 aliphatic carbocycles. The van der Waals surface area contributed by atoms with Crippen LogP contribution in [0.3, 0.4) is 0 Å². The summed E-state index contributed by atoms with van der Waals surface area (Å²) < 4.78 is 0. The van der Waals surface area contributed by atoms with Crippen LogP contribution in [-0.4, -0.2) is 42.2 Å². The van der Waals surface area contributed by atoms with Crippen LogP contribution in [0.4, 0.5) is 5.82 Å². The van der Waals surface area contributed by atoms with Crippen molar-refractivity contribution >= 4 is 27.4 Å². The summed E-state index contributed by atoms with van der Waals surface area (Å²) in [6, 6.07) is 0.333. The van der Waals surface area contributed by atoms with Gasteiger partial charge in [0.15, 0.2) is 0 Å². The van der Waals surface area contributed by atoms with E-state index in [2.05, 4.69) is 15.3 Å². The number of aromatic nitrogens is 2. The lowest BCUT2D eigenvalue weighted by Crippen LogP contribution is -2.48. The smallest absolute Gasteiger partial charge is 0.256 e. The van der Waals surface area contributed by atoms with E-state index in [0.29, 0.717) is 27.6 Å². The topological polar surface area (TPSA) is 119 Å². The minimum atomic E-state index is -2.68. The summed E-state index contributed by atoms with van der Waals surface area (Å²) in [5.41, 5.74) is 0.499. The fourth-order valence-electron chi connectivity index (χ4n) is 3.54. The van der Waals surface area contributed by atoms with Crippen LogP contribution in [0.2, 0.25) is 0 Å². The number of rotatable bonds is 2. The standard InChI is InChI=1S/C15H19N3O4S/c19-14(20)6-9-10-12(18-8-4-2-1-3-5-8)16-7-17-13(10)23-11(9)15(14,21)22/h7-8,19-22H,1-6H2,(H,16,17,18). The molecule has 0 amide bonds. The van der Waals surface area contributed by atoms with E-state index in [-0.39, 0.29) is 11.3 Å². The Balaban J connectivity index is 1.79. The Morgan fingerprint density at radius 1 is 1.09 bits per heavy atom. The number of aliphatic hydroxyl groups is 4. The third kappa shape index (κ3) is 2.25. The molecule has 0 atom stereocenters. The van der Waals surface area contributed by atoms with Gasteiger partial charge >= 0.3 is 0 Å². The molecule has 7 nitrogen and oxygen atoms in total. The monoisotopic (exact) mass is 337 g/mol. The third-order valence-electron chi connectivity index (χ3n) is 4.83. The predicted molar refractivity (Wildman–Crippen MR) is 84.9 cm³/mol. The highest BCUT2D eigenvalue weighted by Crippen LogP contribution is 2.49. The summed E-state index contributed by atoms with van der Waals surface area (Å²) in [5, 5.41) is 44.1. The lowest BCUT2D eigenvalue weighted by molar-refractivity contribution is -0.354. The molecule has 0 aromatic carbocycles. The van der Waals surface area contributed by atoms with Gasteiger partial charge < -0.3 is 25.7 Å². The van der Waals surface area contributed by atoms with Crippen molar-refractivity contribution < 1.29 is 20.4 Å². The van der Waals surface area contributed by atoms with E-state index < -0.39 is 11.6 Å². The van der Waals surface area contributed by atoms with Crippen molar-refractivity contribution in [1.82, 2.24) is 9.97 Å². The molecule has 0 radical (unpaired) electrons. The van der Waals surface area contributed by atoms with E-state index in [4.69, 9.17) is 0 Å². The zero-order chi connectivity index (χ0) is 16.2. The van der Waals surface area contributed by atoms with Gasteiger partial charge in [0.05, 0.1) is 10.3 Å². The highest BCUT2D eigenvalue weighted by molar-refractivity contribution is 7.19. The quantitative estimate of drug-likeness (QED) is 0.515. The first-order valence-corrected chi connectivity index (χ1v) is 8.65. The average molecular weight is 337 g/mol. The normalized spacial score (nSPS) is 23.1. The highest BCUT2D eigenvalue weighted by atomic mass is 32.1. The fraction of sp³-hybridized carbons (Fsp3) is 0.600. The molecule has 8 heteroatoms. The minimum absolute atomic E-state index is 0.129. The van der Waals surface area contributed by atoms with Crippen LogP contribution >= 0.6 is 11.3 Å². The molecule has 2 aromatic rings. The van der Waals surface area contributed by atoms with Crippen LogP contribution in [0.1, 0.15) is 42.5 Å². The molecule has 2 aromatic heterocycles. The van der Waals surface area contributed by atoms with Crippen LogP contribution in [0.15, 0.2) is 6.33 Å². The molecule has 1 fully saturated rings. The number of anilines is 1. The summed E-state index contributed by atoms with van der Waals surface area (Å²) in [6.07, 6.45) is 6.95. The van der Waals surface area contributed by atoms with E-state index >= 15 is 0 Å². The lowest BCUT2D eigenvalue weighted by Gasteiger charge is -2.27. The SMILES string of the molecule is OC1(O)Cc2c(sc3ncnc(NC4CCCCC4)c23)C1(O)O. The van der Waals surface area contributed by atoms with Gasteiger partial charge in [-0.15, -0.1) is 11.3 Å². The first-order chi connectivity index (χ1) is 10.9. The molecule has 124 valence electrons. The van der Waals surface area contributed by atoms with Crippen LogP contribution < -0.4 is 5.32 Å². The molecular weight excluding hydrogens is 318 g/mol. The van der Waals surface area contributed by atoms with Gasteiger partial charge in [0.25, 0.3) is 5.79 Å². The van der Waals surface area contributed by atoms with Crippen LogP contribution in [0, 0.1) is 0 Å². The van der Waals surface area contributed by atoms with Gasteiger partial charge in [-0.2, -0.15) is 0 Å². The molecule has 0 spiro atoms. The Bertz CT molecular complexity index is 753. The second kappa shape index (κ2) is 5.09. The van der Waals surface area contributed by atoms with Gasteiger partial charge in [0.2, 0.25) is 5.79 Å². The van der Waals surface area contributed by atoms with Crippen molar-refractivity contribution in [2.45, 2.75) is 56.1 Å². The summed E-state index contributed by atoms with van der Waals surface area (Å²) >= 11 is 1.06. The summed E-state index contributed by atoms with van der Waals surface area (Å²) in [7, 11) is 0. The van der Waals surface area contributed by atoms with E-state index in [1.54, 1.807) is 0 Å². The van der Waals surface area contributed by atoms with Crippen LogP contribution in [0.5, 0.6) is 0 Å². The van der Waals surface area contributed by atoms with Crippen LogP contribution in [-0.2, 0) is 12.2 Å². The van der Waals surface area contributed by atoms with Gasteiger partial charge in [0, 0.05) is 12.5 Å². The van der Waals surface area contributed by atoms with Gasteiger partial charge in [-0.05, 0) is 18.4 Å². The Morgan fingerprint density at radius 3 is 2.57 bits per heavy atom. The molecule has 2 heterocycles. The maximum absolute atomic E-state index is 10.1. The zero-order valence-electron chi connectivity index (χ0n) is 12.5. The predicted octanol–water partition coefficient (Wildman–Crippen LogP) is 0.810. The molecule has 23 heavy (non-hydrogen) atoms. The van der Waals surface area contributed by atoms with Crippen molar-refractivity contribution in [3.8, 4) is 0 Å². The van der Waals surface area contributed by atoms with Gasteiger partial charge in [-0.1, -0.05) is 19.3 Å². The lowest BCUT2D eigenvalue weighted by atomic mass is 9.95. The molecule has 1 saturated carbocycles.